The number of esters is 1. The minimum absolute atomic E-state index is 0.0473. The number of hydrogen-bond acceptors (Lipinski definition) is 6. The number of amides is 1. The van der Waals surface area contributed by atoms with Gasteiger partial charge >= 0.3 is 189 Å². The molecule has 10 heteroatoms. The fraction of sp³-hybridized carbons (Fsp3) is 0.136. The van der Waals surface area contributed by atoms with Crippen molar-refractivity contribution in [2.24, 2.45) is 7.05 Å². The Morgan fingerprint density at radius 2 is 1.91 bits per heavy atom. The first-order chi connectivity index (χ1) is 15.2. The normalized spacial score (nSPS) is 10.8. The number of benzene rings is 2. The van der Waals surface area contributed by atoms with E-state index in [1.165, 1.54) is 25.1 Å². The molecule has 161 valence electrons. The zero-order valence-electron chi connectivity index (χ0n) is 17.1. The first-order valence-electron chi connectivity index (χ1n) is 9.26. The number of rotatable bonds is 7. The van der Waals surface area contributed by atoms with Crippen LogP contribution in [0.2, 0.25) is 0 Å². The number of carbonyl (C=O) groups excluding carboxylic acids is 3. The van der Waals surface area contributed by atoms with Crippen molar-refractivity contribution < 1.29 is 29.0 Å². The van der Waals surface area contributed by atoms with E-state index >= 15 is 0 Å². The van der Waals surface area contributed by atoms with Crippen LogP contribution in [0.25, 0.3) is 10.9 Å². The number of hydrogen-bond donors (Lipinski definition) is 2. The van der Waals surface area contributed by atoms with Crippen LogP contribution in [0.1, 0.15) is 33.3 Å². The fourth-order valence-electron chi connectivity index (χ4n) is 3.02. The number of aromatic nitrogens is 1. The summed E-state index contributed by atoms with van der Waals surface area (Å²) in [4.78, 5) is 47.2. The number of nitrogens with zero attached hydrogens (tertiary/aromatic N) is 2. The summed E-state index contributed by atoms with van der Waals surface area (Å²) >= 11 is -1.17. The number of fused-ring (bicyclic) bond motifs is 1. The average Bonchev–Trinajstić information content (AvgIpc) is 3.08. The molecule has 1 aromatic heterocycles. The first-order valence-corrected chi connectivity index (χ1v) is 11.1. The molecule has 0 aliphatic rings. The van der Waals surface area contributed by atoms with Gasteiger partial charge in [0.15, 0.2) is 0 Å². The zero-order chi connectivity index (χ0) is 23.4. The van der Waals surface area contributed by atoms with Gasteiger partial charge in [-0.05, 0) is 0 Å². The monoisotopic (exact) mass is 494 g/mol. The van der Waals surface area contributed by atoms with Gasteiger partial charge < -0.3 is 0 Å². The van der Waals surface area contributed by atoms with E-state index in [1.54, 1.807) is 35.9 Å². The summed E-state index contributed by atoms with van der Waals surface area (Å²) in [6.07, 6.45) is 0. The number of carbonyl (C=O) groups is 4. The molecule has 1 heterocycles. The number of aromatic carboxylic acids is 1. The summed E-state index contributed by atoms with van der Waals surface area (Å²) in [6, 6.07) is 13.0. The van der Waals surface area contributed by atoms with E-state index in [1.807, 2.05) is 6.07 Å². The summed E-state index contributed by atoms with van der Waals surface area (Å²) in [7, 11) is 1.71. The number of carboxylic acid groups (broad SMARTS) is 1. The van der Waals surface area contributed by atoms with Crippen molar-refractivity contribution in [3.63, 3.8) is 0 Å². The Hall–Kier alpha value is -3.89. The molecule has 1 amide bonds. The Kier molecular flexibility index (Phi) is 6.76. The molecule has 0 saturated carbocycles. The van der Waals surface area contributed by atoms with Crippen LogP contribution in [0.15, 0.2) is 42.5 Å². The van der Waals surface area contributed by atoms with Crippen molar-refractivity contribution >= 4 is 59.1 Å². The molecule has 0 bridgehead atoms. The van der Waals surface area contributed by atoms with Gasteiger partial charge in [-0.15, -0.1) is 0 Å². The second kappa shape index (κ2) is 9.50. The van der Waals surface area contributed by atoms with Crippen LogP contribution < -0.4 is 9.67 Å². The van der Waals surface area contributed by atoms with E-state index in [2.05, 4.69) is 10.1 Å². The summed E-state index contributed by atoms with van der Waals surface area (Å²) < 4.78 is 6.55. The summed E-state index contributed by atoms with van der Waals surface area (Å²) in [5, 5.41) is 21.8. The third-order valence-corrected chi connectivity index (χ3v) is 6.76. The Morgan fingerprint density at radius 1 is 1.16 bits per heavy atom. The molecule has 32 heavy (non-hydrogen) atoms. The first kappa shape index (κ1) is 22.8. The topological polar surface area (TPSA) is 138 Å². The Bertz CT molecular complexity index is 1300. The number of nitrogens with one attached hydrogen (secondary N) is 1. The van der Waals surface area contributed by atoms with Gasteiger partial charge in [-0.3, -0.25) is 0 Å². The van der Waals surface area contributed by atoms with Crippen LogP contribution in [0.3, 0.4) is 0 Å². The van der Waals surface area contributed by atoms with Crippen LogP contribution in [0.5, 0.6) is 0 Å². The van der Waals surface area contributed by atoms with E-state index in [-0.39, 0.29) is 15.7 Å². The quantitative estimate of drug-likeness (QED) is 0.374. The molecule has 0 unspecified atom stereocenters. The number of ether oxygens (including phenoxy) is 1. The molecule has 2 aromatic carbocycles. The third-order valence-electron chi connectivity index (χ3n) is 4.53. The number of anilines is 1. The van der Waals surface area contributed by atoms with Gasteiger partial charge in [0.05, 0.1) is 0 Å². The predicted molar refractivity (Wildman–Crippen MR) is 116 cm³/mol. The molecule has 3 aromatic rings. The van der Waals surface area contributed by atoms with E-state index in [4.69, 9.17) is 5.26 Å². The fourth-order valence-corrected chi connectivity index (χ4v) is 5.07. The summed E-state index contributed by atoms with van der Waals surface area (Å²) in [6.45, 7) is 0.811. The second-order valence-electron chi connectivity index (χ2n) is 6.76. The average molecular weight is 494 g/mol. The molecule has 3 rings (SSSR count). The number of nitriles is 1. The van der Waals surface area contributed by atoms with Gasteiger partial charge in [0.2, 0.25) is 0 Å². The van der Waals surface area contributed by atoms with Crippen LogP contribution in [-0.4, -0.2) is 54.4 Å². The van der Waals surface area contributed by atoms with E-state index in [0.717, 1.165) is 5.39 Å². The minimum atomic E-state index is -1.19. The molecule has 0 fully saturated rings. The second-order valence-corrected chi connectivity index (χ2v) is 9.09. The van der Waals surface area contributed by atoms with Gasteiger partial charge in [0.1, 0.15) is 0 Å². The van der Waals surface area contributed by atoms with Crippen molar-refractivity contribution in [3.8, 4) is 6.07 Å². The van der Waals surface area contributed by atoms with Crippen LogP contribution in [0, 0.1) is 11.3 Å². The van der Waals surface area contributed by atoms with Crippen LogP contribution in [0.4, 0.5) is 5.69 Å². The van der Waals surface area contributed by atoms with Gasteiger partial charge in [0, 0.05) is 0 Å². The molecular formula is C22H17AsN3O6. The Labute approximate surface area is 189 Å². The molecule has 0 aliphatic heterocycles. The SMILES string of the molecule is CC(=O)OCC(=O)Nc1ccc2cc(C(=O)[As]c3ccc(C#N)cc3C(=O)O)n(C)c2c1. The maximum absolute atomic E-state index is 13.0. The molecule has 2 N–H and O–H groups in total. The van der Waals surface area contributed by atoms with Crippen molar-refractivity contribution in [1.82, 2.24) is 4.57 Å². The summed E-state index contributed by atoms with van der Waals surface area (Å²) in [5.74, 6) is -2.24. The van der Waals surface area contributed by atoms with Crippen molar-refractivity contribution in [2.45, 2.75) is 6.92 Å². The molecule has 0 saturated heterocycles. The third kappa shape index (κ3) is 5.05. The zero-order valence-corrected chi connectivity index (χ0v) is 19.0. The molecule has 0 atom stereocenters. The molecule has 1 radical (unpaired) electrons. The van der Waals surface area contributed by atoms with Crippen LogP contribution >= 0.6 is 0 Å². The van der Waals surface area contributed by atoms with Gasteiger partial charge in [-0.1, -0.05) is 0 Å². The number of aryl methyl sites for hydroxylation is 1. The van der Waals surface area contributed by atoms with Gasteiger partial charge in [-0.2, -0.15) is 0 Å². The maximum atomic E-state index is 13.0. The predicted octanol–water partition coefficient (Wildman–Crippen LogP) is 1.42. The standard InChI is InChI=1S/C22H17AsN3O6/c1-12(27)32-11-20(28)25-15-5-4-14-8-19(26(2)18(14)9-15)21(29)23-17-6-3-13(10-24)7-16(17)22(30)31/h3-9H,11H2,1-2H3,(H,25,28)(H,30,31). The van der Waals surface area contributed by atoms with Crippen LogP contribution in [-0.2, 0) is 21.4 Å². The van der Waals surface area contributed by atoms with Gasteiger partial charge in [0.25, 0.3) is 0 Å². The summed E-state index contributed by atoms with van der Waals surface area (Å²) in [5.41, 5.74) is 1.74. The molecule has 9 nitrogen and oxygen atoms in total. The molecular weight excluding hydrogens is 477 g/mol. The Balaban J connectivity index is 1.85. The van der Waals surface area contributed by atoms with E-state index < -0.39 is 40.2 Å². The van der Waals surface area contributed by atoms with Crippen molar-refractivity contribution in [3.05, 3.63) is 59.3 Å². The molecule has 0 spiro atoms. The van der Waals surface area contributed by atoms with Crippen molar-refractivity contribution in [1.29, 1.82) is 5.26 Å². The van der Waals surface area contributed by atoms with E-state index in [0.29, 0.717) is 21.2 Å². The number of carboxylic acids is 1. The van der Waals surface area contributed by atoms with Crippen molar-refractivity contribution in [2.75, 3.05) is 11.9 Å². The Morgan fingerprint density at radius 3 is 2.56 bits per heavy atom. The van der Waals surface area contributed by atoms with E-state index in [9.17, 15) is 24.3 Å². The molecule has 0 aliphatic carbocycles. The van der Waals surface area contributed by atoms with Gasteiger partial charge in [-0.25, -0.2) is 0 Å².